The zero-order valence-electron chi connectivity index (χ0n) is 19.9. The minimum Gasteiger partial charge on any atom is -0.322 e. The molecule has 8 nitrogen and oxygen atoms in total. The van der Waals surface area contributed by atoms with Crippen LogP contribution >= 0.6 is 23.2 Å². The lowest BCUT2D eigenvalue weighted by atomic mass is 10.1. The number of sulfonamides is 2. The van der Waals surface area contributed by atoms with Crippen LogP contribution in [0.3, 0.4) is 0 Å². The molecule has 0 radical (unpaired) electrons. The van der Waals surface area contributed by atoms with Crippen LogP contribution < -0.4 is 9.62 Å². The van der Waals surface area contributed by atoms with E-state index < -0.39 is 26.0 Å². The summed E-state index contributed by atoms with van der Waals surface area (Å²) in [6, 6.07) is 17.0. The maximum absolute atomic E-state index is 12.8. The number of carbonyl (C=O) groups is 1. The van der Waals surface area contributed by atoms with Crippen molar-refractivity contribution in [3.63, 3.8) is 0 Å². The summed E-state index contributed by atoms with van der Waals surface area (Å²) in [5, 5.41) is 3.41. The average Bonchev–Trinajstić information content (AvgIpc) is 3.40. The summed E-state index contributed by atoms with van der Waals surface area (Å²) in [5.41, 5.74) is 1.53. The molecule has 1 aliphatic heterocycles. The lowest BCUT2D eigenvalue weighted by Gasteiger charge is -2.23. The summed E-state index contributed by atoms with van der Waals surface area (Å²) in [4.78, 5) is 12.9. The van der Waals surface area contributed by atoms with Gasteiger partial charge in [-0.25, -0.2) is 16.8 Å². The van der Waals surface area contributed by atoms with Crippen LogP contribution in [0.15, 0.2) is 71.6 Å². The van der Waals surface area contributed by atoms with Crippen LogP contribution in [0.1, 0.15) is 28.8 Å². The summed E-state index contributed by atoms with van der Waals surface area (Å²) in [6.45, 7) is 0.952. The number of halogens is 2. The molecule has 1 fully saturated rings. The number of hydrogen-bond donors (Lipinski definition) is 1. The van der Waals surface area contributed by atoms with E-state index in [-0.39, 0.29) is 11.4 Å². The van der Waals surface area contributed by atoms with E-state index in [0.29, 0.717) is 45.6 Å². The summed E-state index contributed by atoms with van der Waals surface area (Å²) in [7, 11) is -7.23. The van der Waals surface area contributed by atoms with E-state index in [1.54, 1.807) is 18.2 Å². The first-order valence-corrected chi connectivity index (χ1v) is 15.4. The second kappa shape index (κ2) is 11.0. The molecule has 1 aliphatic rings. The van der Waals surface area contributed by atoms with Gasteiger partial charge in [0.1, 0.15) is 0 Å². The van der Waals surface area contributed by atoms with Crippen molar-refractivity contribution in [3.8, 4) is 0 Å². The van der Waals surface area contributed by atoms with Crippen molar-refractivity contribution in [2.24, 2.45) is 0 Å². The van der Waals surface area contributed by atoms with Gasteiger partial charge in [0.05, 0.1) is 23.4 Å². The first-order chi connectivity index (χ1) is 17.5. The van der Waals surface area contributed by atoms with E-state index in [2.05, 4.69) is 5.32 Å². The number of nitrogens with zero attached hydrogens (tertiary/aromatic N) is 2. The number of nitrogens with one attached hydrogen (secondary N) is 1. The van der Waals surface area contributed by atoms with E-state index >= 15 is 0 Å². The van der Waals surface area contributed by atoms with E-state index in [4.69, 9.17) is 23.2 Å². The van der Waals surface area contributed by atoms with Crippen LogP contribution in [0.25, 0.3) is 0 Å². The molecule has 0 saturated carbocycles. The molecule has 0 spiro atoms. The highest BCUT2D eigenvalue weighted by Gasteiger charge is 2.27. The quantitative estimate of drug-likeness (QED) is 0.403. The highest BCUT2D eigenvalue weighted by molar-refractivity contribution is 7.92. The molecule has 196 valence electrons. The third kappa shape index (κ3) is 6.27. The Morgan fingerprint density at radius 2 is 1.46 bits per heavy atom. The number of benzene rings is 3. The predicted molar refractivity (Wildman–Crippen MR) is 146 cm³/mol. The Morgan fingerprint density at radius 3 is 2.00 bits per heavy atom. The number of amides is 1. The number of hydrogen-bond acceptors (Lipinski definition) is 5. The standard InChI is InChI=1S/C25H25Cl2N3O5S2/c1-36(32,33)30(17-22-23(26)5-4-6-24(22)27)20-11-7-18(8-12-20)25(31)28-19-9-13-21(14-10-19)37(34,35)29-15-2-3-16-29/h4-14H,2-3,15-17H2,1H3,(H,28,31). The molecule has 0 bridgehead atoms. The van der Waals surface area contributed by atoms with Gasteiger partial charge in [0.2, 0.25) is 20.0 Å². The molecule has 1 saturated heterocycles. The maximum Gasteiger partial charge on any atom is 0.255 e. The Kier molecular flexibility index (Phi) is 8.15. The van der Waals surface area contributed by atoms with Crippen LogP contribution in [0, 0.1) is 0 Å². The van der Waals surface area contributed by atoms with Gasteiger partial charge in [-0.1, -0.05) is 29.3 Å². The molecule has 1 N–H and O–H groups in total. The molecule has 0 unspecified atom stereocenters. The summed E-state index contributed by atoms with van der Waals surface area (Å²) in [5.74, 6) is -0.429. The summed E-state index contributed by atoms with van der Waals surface area (Å²) >= 11 is 12.5. The number of carbonyl (C=O) groups excluding carboxylic acids is 1. The van der Waals surface area contributed by atoms with Gasteiger partial charge in [0.15, 0.2) is 0 Å². The van der Waals surface area contributed by atoms with Crippen LogP contribution in [0.2, 0.25) is 10.0 Å². The predicted octanol–water partition coefficient (Wildman–Crippen LogP) is 5.00. The summed E-state index contributed by atoms with van der Waals surface area (Å²) < 4.78 is 53.0. The molecule has 3 aromatic carbocycles. The fourth-order valence-corrected chi connectivity index (χ4v) is 6.90. The Labute approximate surface area is 226 Å². The topological polar surface area (TPSA) is 104 Å². The monoisotopic (exact) mass is 581 g/mol. The van der Waals surface area contributed by atoms with Gasteiger partial charge in [-0.2, -0.15) is 4.31 Å². The Balaban J connectivity index is 1.48. The van der Waals surface area contributed by atoms with E-state index in [0.717, 1.165) is 23.4 Å². The van der Waals surface area contributed by atoms with Gasteiger partial charge < -0.3 is 5.32 Å². The molecule has 1 heterocycles. The van der Waals surface area contributed by atoms with Crippen molar-refractivity contribution < 1.29 is 21.6 Å². The third-order valence-electron chi connectivity index (χ3n) is 6.00. The maximum atomic E-state index is 12.8. The van der Waals surface area contributed by atoms with Crippen molar-refractivity contribution in [1.82, 2.24) is 4.31 Å². The van der Waals surface area contributed by atoms with Gasteiger partial charge >= 0.3 is 0 Å². The lowest BCUT2D eigenvalue weighted by Crippen LogP contribution is -2.29. The fraction of sp³-hybridized carbons (Fsp3) is 0.240. The minimum atomic E-state index is -3.69. The van der Waals surface area contributed by atoms with Crippen molar-refractivity contribution in [3.05, 3.63) is 87.9 Å². The Bertz CT molecular complexity index is 1480. The second-order valence-corrected chi connectivity index (χ2v) is 13.3. The molecule has 37 heavy (non-hydrogen) atoms. The fourth-order valence-electron chi connectivity index (χ4n) is 4.00. The first-order valence-electron chi connectivity index (χ1n) is 11.4. The Hall–Kier alpha value is -2.63. The van der Waals surface area contributed by atoms with E-state index in [1.165, 1.54) is 52.8 Å². The van der Waals surface area contributed by atoms with Gasteiger partial charge in [0, 0.05) is 39.9 Å². The second-order valence-electron chi connectivity index (χ2n) is 8.61. The molecule has 3 aromatic rings. The third-order valence-corrected chi connectivity index (χ3v) is 9.76. The van der Waals surface area contributed by atoms with Crippen LogP contribution in [0.4, 0.5) is 11.4 Å². The van der Waals surface area contributed by atoms with E-state index in [9.17, 15) is 21.6 Å². The van der Waals surface area contributed by atoms with Crippen molar-refractivity contribution in [2.45, 2.75) is 24.3 Å². The molecule has 0 aromatic heterocycles. The van der Waals surface area contributed by atoms with Gasteiger partial charge in [-0.3, -0.25) is 9.10 Å². The number of anilines is 2. The zero-order valence-corrected chi connectivity index (χ0v) is 23.0. The largest absolute Gasteiger partial charge is 0.322 e. The van der Waals surface area contributed by atoms with Crippen molar-refractivity contribution in [1.29, 1.82) is 0 Å². The molecular formula is C25H25Cl2N3O5S2. The van der Waals surface area contributed by atoms with Crippen LogP contribution in [-0.4, -0.2) is 46.4 Å². The smallest absolute Gasteiger partial charge is 0.255 e. The summed E-state index contributed by atoms with van der Waals surface area (Å²) in [6.07, 6.45) is 2.77. The molecule has 0 aliphatic carbocycles. The van der Waals surface area contributed by atoms with Crippen LogP contribution in [-0.2, 0) is 26.6 Å². The average molecular weight is 583 g/mol. The molecule has 0 atom stereocenters. The SMILES string of the molecule is CS(=O)(=O)N(Cc1c(Cl)cccc1Cl)c1ccc(C(=O)Nc2ccc(S(=O)(=O)N3CCCC3)cc2)cc1. The van der Waals surface area contributed by atoms with Gasteiger partial charge in [-0.05, 0) is 73.5 Å². The number of rotatable bonds is 8. The normalized spacial score (nSPS) is 14.5. The van der Waals surface area contributed by atoms with Crippen molar-refractivity contribution >= 4 is 60.5 Å². The van der Waals surface area contributed by atoms with E-state index in [1.807, 2.05) is 0 Å². The van der Waals surface area contributed by atoms with Crippen LogP contribution in [0.5, 0.6) is 0 Å². The first kappa shape index (κ1) is 27.4. The highest BCUT2D eigenvalue weighted by Crippen LogP contribution is 2.29. The highest BCUT2D eigenvalue weighted by atomic mass is 35.5. The Morgan fingerprint density at radius 1 is 0.892 bits per heavy atom. The van der Waals surface area contributed by atoms with Gasteiger partial charge in [-0.15, -0.1) is 0 Å². The van der Waals surface area contributed by atoms with Crippen molar-refractivity contribution in [2.75, 3.05) is 29.0 Å². The minimum absolute atomic E-state index is 0.0738. The molecule has 4 rings (SSSR count). The zero-order chi connectivity index (χ0) is 26.8. The lowest BCUT2D eigenvalue weighted by molar-refractivity contribution is 0.102. The molecule has 1 amide bonds. The molecule has 12 heteroatoms. The van der Waals surface area contributed by atoms with Gasteiger partial charge in [0.25, 0.3) is 5.91 Å². The molecular weight excluding hydrogens is 557 g/mol.